The molecule has 1 N–H and O–H groups in total. The van der Waals surface area contributed by atoms with Crippen molar-refractivity contribution in [2.24, 2.45) is 5.92 Å². The summed E-state index contributed by atoms with van der Waals surface area (Å²) in [5.41, 5.74) is 3.33. The van der Waals surface area contributed by atoms with Gasteiger partial charge in [-0.05, 0) is 29.7 Å². The molecule has 0 saturated heterocycles. The first-order chi connectivity index (χ1) is 15.4. The molecular weight excluding hydrogens is 408 g/mol. The SMILES string of the molecule is COC(=O)N(C)C[C@@H]1OCc2ccccc2-c2ccccc2C(=O)N([C@@H](C)CO)C[C@@H]1C. The summed E-state index contributed by atoms with van der Waals surface area (Å²) in [6.45, 7) is 4.72. The molecule has 0 aliphatic carbocycles. The fourth-order valence-corrected chi connectivity index (χ4v) is 4.05. The van der Waals surface area contributed by atoms with Crippen LogP contribution in [0, 0.1) is 5.92 Å². The first-order valence-corrected chi connectivity index (χ1v) is 10.9. The zero-order valence-electron chi connectivity index (χ0n) is 19.2. The van der Waals surface area contributed by atoms with Gasteiger partial charge in [-0.2, -0.15) is 0 Å². The molecule has 172 valence electrons. The van der Waals surface area contributed by atoms with Crippen LogP contribution in [0.15, 0.2) is 48.5 Å². The zero-order valence-corrected chi connectivity index (χ0v) is 19.2. The van der Waals surface area contributed by atoms with Gasteiger partial charge in [-0.1, -0.05) is 49.4 Å². The second-order valence-electron chi connectivity index (χ2n) is 8.37. The van der Waals surface area contributed by atoms with E-state index in [0.717, 1.165) is 16.7 Å². The number of carbonyl (C=O) groups is 2. The molecule has 0 spiro atoms. The Hall–Kier alpha value is -2.90. The molecule has 32 heavy (non-hydrogen) atoms. The van der Waals surface area contributed by atoms with Crippen molar-refractivity contribution in [3.05, 3.63) is 59.7 Å². The standard InChI is InChI=1S/C25H32N2O5/c1-17-13-27(18(2)15-28)24(29)22-12-8-7-11-21(22)20-10-6-5-9-19(20)16-32-23(17)14-26(3)25(30)31-4/h5-12,17-18,23,28H,13-16H2,1-4H3/t17-,18-,23-/m0/s1. The van der Waals surface area contributed by atoms with Crippen LogP contribution < -0.4 is 0 Å². The van der Waals surface area contributed by atoms with E-state index < -0.39 is 6.09 Å². The predicted molar refractivity (Wildman–Crippen MR) is 122 cm³/mol. The van der Waals surface area contributed by atoms with Crippen molar-refractivity contribution in [1.82, 2.24) is 9.80 Å². The molecular formula is C25H32N2O5. The van der Waals surface area contributed by atoms with Crippen molar-refractivity contribution in [1.29, 1.82) is 0 Å². The molecule has 2 aromatic carbocycles. The summed E-state index contributed by atoms with van der Waals surface area (Å²) in [7, 11) is 3.01. The minimum absolute atomic E-state index is 0.0996. The van der Waals surface area contributed by atoms with Gasteiger partial charge >= 0.3 is 6.09 Å². The Morgan fingerprint density at radius 2 is 1.81 bits per heavy atom. The average molecular weight is 441 g/mol. The number of hydrogen-bond donors (Lipinski definition) is 1. The monoisotopic (exact) mass is 440 g/mol. The van der Waals surface area contributed by atoms with E-state index >= 15 is 0 Å². The number of amides is 2. The van der Waals surface area contributed by atoms with Gasteiger partial charge in [0.2, 0.25) is 0 Å². The molecule has 7 heteroatoms. The van der Waals surface area contributed by atoms with Crippen LogP contribution in [0.5, 0.6) is 0 Å². The van der Waals surface area contributed by atoms with Crippen molar-refractivity contribution in [3.63, 3.8) is 0 Å². The van der Waals surface area contributed by atoms with Crippen LogP contribution in [0.3, 0.4) is 0 Å². The first kappa shape index (κ1) is 23.8. The van der Waals surface area contributed by atoms with E-state index in [0.29, 0.717) is 25.3 Å². The molecule has 7 nitrogen and oxygen atoms in total. The van der Waals surface area contributed by atoms with Crippen LogP contribution in [0.2, 0.25) is 0 Å². The number of carbonyl (C=O) groups excluding carboxylic acids is 2. The van der Waals surface area contributed by atoms with Crippen LogP contribution >= 0.6 is 0 Å². The van der Waals surface area contributed by atoms with Crippen LogP contribution in [0.25, 0.3) is 11.1 Å². The Morgan fingerprint density at radius 1 is 1.19 bits per heavy atom. The summed E-state index contributed by atoms with van der Waals surface area (Å²) >= 11 is 0. The van der Waals surface area contributed by atoms with Gasteiger partial charge in [-0.3, -0.25) is 4.79 Å². The van der Waals surface area contributed by atoms with Crippen molar-refractivity contribution in [3.8, 4) is 11.1 Å². The quantitative estimate of drug-likeness (QED) is 0.788. The molecule has 0 saturated carbocycles. The van der Waals surface area contributed by atoms with Crippen LogP contribution in [0.4, 0.5) is 4.79 Å². The maximum atomic E-state index is 13.7. The van der Waals surface area contributed by atoms with Gasteiger partial charge in [0.05, 0.1) is 39.0 Å². The molecule has 1 heterocycles. The maximum absolute atomic E-state index is 13.7. The highest BCUT2D eigenvalue weighted by Crippen LogP contribution is 2.31. The third-order valence-electron chi connectivity index (χ3n) is 6.03. The van der Waals surface area contributed by atoms with Gasteiger partial charge < -0.3 is 24.4 Å². The third-order valence-corrected chi connectivity index (χ3v) is 6.03. The lowest BCUT2D eigenvalue weighted by Crippen LogP contribution is -2.47. The summed E-state index contributed by atoms with van der Waals surface area (Å²) in [6.07, 6.45) is -0.783. The van der Waals surface area contributed by atoms with Crippen molar-refractivity contribution in [2.45, 2.75) is 32.6 Å². The molecule has 3 rings (SSSR count). The van der Waals surface area contributed by atoms with E-state index in [1.54, 1.807) is 11.9 Å². The molecule has 0 bridgehead atoms. The lowest BCUT2D eigenvalue weighted by Gasteiger charge is -2.34. The third kappa shape index (κ3) is 5.11. The lowest BCUT2D eigenvalue weighted by molar-refractivity contribution is -0.0219. The van der Waals surface area contributed by atoms with Gasteiger partial charge in [-0.25, -0.2) is 4.79 Å². The summed E-state index contributed by atoms with van der Waals surface area (Å²) in [5, 5.41) is 9.86. The highest BCUT2D eigenvalue weighted by Gasteiger charge is 2.31. The smallest absolute Gasteiger partial charge is 0.409 e. The van der Waals surface area contributed by atoms with Gasteiger partial charge in [0.1, 0.15) is 0 Å². The predicted octanol–water partition coefficient (Wildman–Crippen LogP) is 3.41. The van der Waals surface area contributed by atoms with Crippen molar-refractivity contribution < 1.29 is 24.2 Å². The summed E-state index contributed by atoms with van der Waals surface area (Å²) < 4.78 is 11.2. The highest BCUT2D eigenvalue weighted by molar-refractivity contribution is 6.01. The largest absolute Gasteiger partial charge is 0.453 e. The molecule has 2 aromatic rings. The second kappa shape index (κ2) is 10.6. The number of hydrogen-bond acceptors (Lipinski definition) is 5. The number of likely N-dealkylation sites (N-methyl/N-ethyl adjacent to an activating group) is 1. The normalized spacial score (nSPS) is 19.9. The minimum atomic E-state index is -0.445. The van der Waals surface area contributed by atoms with E-state index in [1.807, 2.05) is 62.4 Å². The number of benzene rings is 2. The molecule has 0 fully saturated rings. The van der Waals surface area contributed by atoms with Crippen molar-refractivity contribution >= 4 is 12.0 Å². The van der Waals surface area contributed by atoms with Crippen LogP contribution in [-0.2, 0) is 16.1 Å². The molecule has 0 radical (unpaired) electrons. The Bertz CT molecular complexity index is 947. The average Bonchev–Trinajstić information content (AvgIpc) is 2.84. The van der Waals surface area contributed by atoms with E-state index in [4.69, 9.17) is 9.47 Å². The summed E-state index contributed by atoms with van der Waals surface area (Å²) in [6, 6.07) is 15.1. The fourth-order valence-electron chi connectivity index (χ4n) is 4.05. The number of methoxy groups -OCH3 is 1. The van der Waals surface area contributed by atoms with Gasteiger partial charge in [0.15, 0.2) is 0 Å². The van der Waals surface area contributed by atoms with Crippen molar-refractivity contribution in [2.75, 3.05) is 33.9 Å². The molecule has 1 aliphatic heterocycles. The number of aliphatic hydroxyl groups excluding tert-OH is 1. The molecule has 1 aliphatic rings. The minimum Gasteiger partial charge on any atom is -0.453 e. The molecule has 0 unspecified atom stereocenters. The van der Waals surface area contributed by atoms with E-state index in [2.05, 4.69) is 0 Å². The molecule has 3 atom stereocenters. The Kier molecular flexibility index (Phi) is 7.88. The summed E-state index contributed by atoms with van der Waals surface area (Å²) in [5.74, 6) is -0.233. The maximum Gasteiger partial charge on any atom is 0.409 e. The van der Waals surface area contributed by atoms with Gasteiger partial charge in [0.25, 0.3) is 5.91 Å². The molecule has 0 aromatic heterocycles. The number of rotatable bonds is 4. The topological polar surface area (TPSA) is 79.3 Å². The highest BCUT2D eigenvalue weighted by atomic mass is 16.5. The van der Waals surface area contributed by atoms with E-state index in [1.165, 1.54) is 12.0 Å². The second-order valence-corrected chi connectivity index (χ2v) is 8.37. The fraction of sp³-hybridized carbons (Fsp3) is 0.440. The Labute approximate surface area is 189 Å². The number of nitrogens with zero attached hydrogens (tertiary/aromatic N) is 2. The Morgan fingerprint density at radius 3 is 2.47 bits per heavy atom. The number of ether oxygens (including phenoxy) is 2. The summed E-state index contributed by atoms with van der Waals surface area (Å²) in [4.78, 5) is 28.9. The van der Waals surface area contributed by atoms with Crippen LogP contribution in [-0.4, -0.2) is 72.9 Å². The van der Waals surface area contributed by atoms with Gasteiger partial charge in [0, 0.05) is 25.1 Å². The lowest BCUT2D eigenvalue weighted by atomic mass is 9.94. The van der Waals surface area contributed by atoms with Gasteiger partial charge in [-0.15, -0.1) is 0 Å². The van der Waals surface area contributed by atoms with E-state index in [9.17, 15) is 14.7 Å². The number of aliphatic hydroxyl groups is 1. The Balaban J connectivity index is 2.08. The zero-order chi connectivity index (χ0) is 23.3. The first-order valence-electron chi connectivity index (χ1n) is 10.9. The van der Waals surface area contributed by atoms with Crippen LogP contribution in [0.1, 0.15) is 29.8 Å². The van der Waals surface area contributed by atoms with E-state index in [-0.39, 0.29) is 30.6 Å². The number of fused-ring (bicyclic) bond motifs is 3. The molecule has 2 amide bonds.